The Labute approximate surface area is 143 Å². The Morgan fingerprint density at radius 1 is 0.957 bits per heavy atom. The molecule has 0 heterocycles. The monoisotopic (exact) mass is 320 g/mol. The van der Waals surface area contributed by atoms with Gasteiger partial charge in [0.2, 0.25) is 0 Å². The molecular weight excluding hydrogens is 284 g/mol. The van der Waals surface area contributed by atoms with E-state index in [0.29, 0.717) is 6.42 Å². The summed E-state index contributed by atoms with van der Waals surface area (Å²) in [5.41, 5.74) is -0.342. The van der Waals surface area contributed by atoms with Crippen LogP contribution in [0.1, 0.15) is 91.4 Å². The molecule has 0 amide bonds. The van der Waals surface area contributed by atoms with Gasteiger partial charge in [0.15, 0.2) is 0 Å². The largest absolute Gasteiger partial charge is 0.460 e. The van der Waals surface area contributed by atoms with Crippen molar-refractivity contribution in [2.45, 2.75) is 97.0 Å². The number of unbranched alkanes of at least 4 members (excludes halogenated alkanes) is 6. The van der Waals surface area contributed by atoms with E-state index in [1.165, 1.54) is 51.4 Å². The molecule has 0 aliphatic heterocycles. The highest BCUT2D eigenvalue weighted by Crippen LogP contribution is 2.45. The molecule has 0 N–H and O–H groups in total. The van der Waals surface area contributed by atoms with Gasteiger partial charge >= 0.3 is 5.97 Å². The van der Waals surface area contributed by atoms with E-state index in [0.717, 1.165) is 30.6 Å². The summed E-state index contributed by atoms with van der Waals surface area (Å²) in [7, 11) is 0. The van der Waals surface area contributed by atoms with Crippen LogP contribution in [-0.4, -0.2) is 11.6 Å². The van der Waals surface area contributed by atoms with Crippen LogP contribution in [0.3, 0.4) is 0 Å². The first-order chi connectivity index (χ1) is 10.9. The summed E-state index contributed by atoms with van der Waals surface area (Å²) in [6.45, 7) is 5.79. The summed E-state index contributed by atoms with van der Waals surface area (Å²) in [5.74, 6) is 2.80. The number of hydrogen-bond donors (Lipinski definition) is 0. The van der Waals surface area contributed by atoms with E-state index < -0.39 is 0 Å². The first kappa shape index (κ1) is 18.5. The SMILES string of the molecule is CC(C)(C)OC(=O)CCCCCCCCCC1CC2C=CC1C2. The lowest BCUT2D eigenvalue weighted by Gasteiger charge is -2.19. The molecule has 0 radical (unpaired) electrons. The van der Waals surface area contributed by atoms with Crippen LogP contribution in [0.15, 0.2) is 12.2 Å². The van der Waals surface area contributed by atoms with Crippen LogP contribution in [0.2, 0.25) is 0 Å². The highest BCUT2D eigenvalue weighted by Gasteiger charge is 2.34. The van der Waals surface area contributed by atoms with Crippen molar-refractivity contribution in [1.29, 1.82) is 0 Å². The Morgan fingerprint density at radius 3 is 2.17 bits per heavy atom. The fraction of sp³-hybridized carbons (Fsp3) is 0.857. The van der Waals surface area contributed by atoms with Crippen molar-refractivity contribution in [1.82, 2.24) is 0 Å². The van der Waals surface area contributed by atoms with E-state index in [1.54, 1.807) is 0 Å². The van der Waals surface area contributed by atoms with Crippen LogP contribution >= 0.6 is 0 Å². The maximum absolute atomic E-state index is 11.6. The van der Waals surface area contributed by atoms with Crippen LogP contribution in [0, 0.1) is 17.8 Å². The van der Waals surface area contributed by atoms with Gasteiger partial charge in [-0.3, -0.25) is 4.79 Å². The van der Waals surface area contributed by atoms with Crippen LogP contribution in [-0.2, 0) is 9.53 Å². The molecule has 2 bridgehead atoms. The predicted octanol–water partition coefficient (Wildman–Crippen LogP) is 6.05. The van der Waals surface area contributed by atoms with Crippen LogP contribution < -0.4 is 0 Å². The molecule has 1 saturated carbocycles. The fourth-order valence-electron chi connectivity index (χ4n) is 4.18. The summed E-state index contributed by atoms with van der Waals surface area (Å²) in [5, 5.41) is 0. The smallest absolute Gasteiger partial charge is 0.306 e. The highest BCUT2D eigenvalue weighted by atomic mass is 16.6. The molecule has 0 spiro atoms. The fourth-order valence-corrected chi connectivity index (χ4v) is 4.18. The number of esters is 1. The Morgan fingerprint density at radius 2 is 1.61 bits per heavy atom. The molecule has 2 heteroatoms. The molecule has 2 aliphatic carbocycles. The molecule has 2 nitrogen and oxygen atoms in total. The van der Waals surface area contributed by atoms with E-state index in [9.17, 15) is 4.79 Å². The van der Waals surface area contributed by atoms with Gasteiger partial charge < -0.3 is 4.74 Å². The Hall–Kier alpha value is -0.790. The molecule has 1 fully saturated rings. The molecule has 132 valence electrons. The van der Waals surface area contributed by atoms with Crippen molar-refractivity contribution in [3.8, 4) is 0 Å². The normalized spacial score (nSPS) is 26.0. The molecule has 2 aliphatic rings. The first-order valence-electron chi connectivity index (χ1n) is 9.84. The van der Waals surface area contributed by atoms with Gasteiger partial charge in [-0.25, -0.2) is 0 Å². The summed E-state index contributed by atoms with van der Waals surface area (Å²) in [4.78, 5) is 11.6. The maximum Gasteiger partial charge on any atom is 0.306 e. The van der Waals surface area contributed by atoms with Crippen LogP contribution in [0.4, 0.5) is 0 Å². The topological polar surface area (TPSA) is 26.3 Å². The number of ether oxygens (including phenoxy) is 1. The van der Waals surface area contributed by atoms with Crippen molar-refractivity contribution in [3.63, 3.8) is 0 Å². The van der Waals surface area contributed by atoms with Gasteiger partial charge in [0.1, 0.15) is 5.60 Å². The van der Waals surface area contributed by atoms with Crippen molar-refractivity contribution in [2.75, 3.05) is 0 Å². The first-order valence-corrected chi connectivity index (χ1v) is 9.84. The van der Waals surface area contributed by atoms with E-state index in [-0.39, 0.29) is 11.6 Å². The lowest BCUT2D eigenvalue weighted by Crippen LogP contribution is -2.23. The molecular formula is C21H36O2. The Kier molecular flexibility index (Phi) is 7.17. The Bertz CT molecular complexity index is 391. The number of rotatable bonds is 10. The number of carbonyl (C=O) groups excluding carboxylic acids is 1. The standard InChI is InChI=1S/C21H36O2/c1-21(2,3)23-20(22)12-10-8-6-4-5-7-9-11-18-15-17-13-14-19(18)16-17/h13-14,17-19H,4-12,15-16H2,1-3H3. The van der Waals surface area contributed by atoms with Crippen molar-refractivity contribution >= 4 is 5.97 Å². The average molecular weight is 321 g/mol. The molecule has 0 aromatic carbocycles. The number of carbonyl (C=O) groups is 1. The van der Waals surface area contributed by atoms with Gasteiger partial charge in [-0.1, -0.05) is 50.7 Å². The minimum atomic E-state index is -0.342. The zero-order valence-corrected chi connectivity index (χ0v) is 15.5. The second kappa shape index (κ2) is 8.89. The minimum Gasteiger partial charge on any atom is -0.460 e. The average Bonchev–Trinajstić information content (AvgIpc) is 3.06. The molecule has 0 saturated heterocycles. The zero-order valence-electron chi connectivity index (χ0n) is 15.5. The molecule has 3 unspecified atom stereocenters. The summed E-state index contributed by atoms with van der Waals surface area (Å²) >= 11 is 0. The molecule has 2 rings (SSSR count). The van der Waals surface area contributed by atoms with E-state index in [1.807, 2.05) is 20.8 Å². The summed E-state index contributed by atoms with van der Waals surface area (Å²) in [6, 6.07) is 0. The molecule has 23 heavy (non-hydrogen) atoms. The van der Waals surface area contributed by atoms with Crippen molar-refractivity contribution in [3.05, 3.63) is 12.2 Å². The van der Waals surface area contributed by atoms with Gasteiger partial charge in [-0.2, -0.15) is 0 Å². The summed E-state index contributed by atoms with van der Waals surface area (Å²) in [6.07, 6.45) is 18.8. The quantitative estimate of drug-likeness (QED) is 0.278. The predicted molar refractivity (Wildman–Crippen MR) is 96.2 cm³/mol. The van der Waals surface area contributed by atoms with Gasteiger partial charge in [0.05, 0.1) is 0 Å². The zero-order chi connectivity index (χ0) is 16.7. The van der Waals surface area contributed by atoms with Gasteiger partial charge in [-0.05, 0) is 64.2 Å². The lowest BCUT2D eigenvalue weighted by atomic mass is 9.88. The van der Waals surface area contributed by atoms with Gasteiger partial charge in [0, 0.05) is 6.42 Å². The number of hydrogen-bond acceptors (Lipinski definition) is 2. The summed E-state index contributed by atoms with van der Waals surface area (Å²) < 4.78 is 5.32. The number of fused-ring (bicyclic) bond motifs is 2. The minimum absolute atomic E-state index is 0.0441. The van der Waals surface area contributed by atoms with Gasteiger partial charge in [-0.15, -0.1) is 0 Å². The van der Waals surface area contributed by atoms with Crippen LogP contribution in [0.5, 0.6) is 0 Å². The molecule has 0 aromatic rings. The van der Waals surface area contributed by atoms with E-state index in [2.05, 4.69) is 12.2 Å². The molecule has 0 aromatic heterocycles. The van der Waals surface area contributed by atoms with Crippen molar-refractivity contribution < 1.29 is 9.53 Å². The van der Waals surface area contributed by atoms with Gasteiger partial charge in [0.25, 0.3) is 0 Å². The third-order valence-electron chi connectivity index (χ3n) is 5.29. The lowest BCUT2D eigenvalue weighted by molar-refractivity contribution is -0.154. The van der Waals surface area contributed by atoms with Crippen LogP contribution in [0.25, 0.3) is 0 Å². The number of allylic oxidation sites excluding steroid dienone is 2. The van der Waals surface area contributed by atoms with E-state index >= 15 is 0 Å². The van der Waals surface area contributed by atoms with Crippen molar-refractivity contribution in [2.24, 2.45) is 17.8 Å². The third kappa shape index (κ3) is 7.10. The van der Waals surface area contributed by atoms with E-state index in [4.69, 9.17) is 4.74 Å². The highest BCUT2D eigenvalue weighted by molar-refractivity contribution is 5.69. The second-order valence-electron chi connectivity index (χ2n) is 8.64. The second-order valence-corrected chi connectivity index (χ2v) is 8.64. The molecule has 3 atom stereocenters. The third-order valence-corrected chi connectivity index (χ3v) is 5.29. The Balaban J connectivity index is 1.36. The maximum atomic E-state index is 11.6.